The molecule has 0 radical (unpaired) electrons. The molecule has 0 aromatic heterocycles. The van der Waals surface area contributed by atoms with Crippen molar-refractivity contribution < 1.29 is 4.79 Å². The molecule has 13 heavy (non-hydrogen) atoms. The van der Waals surface area contributed by atoms with Gasteiger partial charge in [-0.05, 0) is 31.6 Å². The normalized spacial score (nSPS) is 13.4. The van der Waals surface area contributed by atoms with E-state index in [0.29, 0.717) is 5.92 Å². The molecular formula is C12H22O. The Morgan fingerprint density at radius 2 is 1.92 bits per heavy atom. The van der Waals surface area contributed by atoms with Gasteiger partial charge in [0, 0.05) is 6.42 Å². The summed E-state index contributed by atoms with van der Waals surface area (Å²) in [6, 6.07) is 0. The zero-order chi connectivity index (χ0) is 9.94. The van der Waals surface area contributed by atoms with Crippen molar-refractivity contribution in [2.24, 2.45) is 5.92 Å². The first-order valence-electron chi connectivity index (χ1n) is 5.39. The quantitative estimate of drug-likeness (QED) is 0.317. The van der Waals surface area contributed by atoms with Crippen molar-refractivity contribution in [1.82, 2.24) is 0 Å². The Morgan fingerprint density at radius 1 is 1.15 bits per heavy atom. The van der Waals surface area contributed by atoms with Crippen molar-refractivity contribution in [3.63, 3.8) is 0 Å². The third kappa shape index (κ3) is 9.32. The first-order chi connectivity index (χ1) is 6.31. The van der Waals surface area contributed by atoms with Crippen LogP contribution in [0.5, 0.6) is 0 Å². The highest BCUT2D eigenvalue weighted by Gasteiger charge is 1.99. The molecular weight excluding hydrogens is 160 g/mol. The summed E-state index contributed by atoms with van der Waals surface area (Å²) in [7, 11) is 0. The van der Waals surface area contributed by atoms with Gasteiger partial charge < -0.3 is 4.79 Å². The van der Waals surface area contributed by atoms with Crippen LogP contribution in [0, 0.1) is 5.92 Å². The summed E-state index contributed by atoms with van der Waals surface area (Å²) in [5.41, 5.74) is 0. The Hall–Kier alpha value is -0.590. The van der Waals surface area contributed by atoms with Gasteiger partial charge in [0.25, 0.3) is 0 Å². The summed E-state index contributed by atoms with van der Waals surface area (Å²) in [6.07, 6.45) is 12.1. The van der Waals surface area contributed by atoms with Gasteiger partial charge in [-0.15, -0.1) is 0 Å². The number of allylic oxidation sites excluding steroid dienone is 2. The van der Waals surface area contributed by atoms with Gasteiger partial charge in [-0.3, -0.25) is 0 Å². The van der Waals surface area contributed by atoms with Crippen LogP contribution in [0.3, 0.4) is 0 Å². The van der Waals surface area contributed by atoms with E-state index in [4.69, 9.17) is 0 Å². The van der Waals surface area contributed by atoms with Crippen LogP contribution in [0.4, 0.5) is 0 Å². The van der Waals surface area contributed by atoms with Gasteiger partial charge in [0.05, 0.1) is 0 Å². The smallest absolute Gasteiger partial charge is 0.120 e. The molecule has 0 N–H and O–H groups in total. The van der Waals surface area contributed by atoms with E-state index < -0.39 is 0 Å². The highest BCUT2D eigenvalue weighted by molar-refractivity contribution is 5.49. The van der Waals surface area contributed by atoms with Crippen LogP contribution in [0.2, 0.25) is 0 Å². The lowest BCUT2D eigenvalue weighted by Crippen LogP contribution is -1.94. The first kappa shape index (κ1) is 12.4. The van der Waals surface area contributed by atoms with Crippen molar-refractivity contribution >= 4 is 6.29 Å². The molecule has 1 nitrogen and oxygen atoms in total. The van der Waals surface area contributed by atoms with E-state index in [1.54, 1.807) is 0 Å². The Bertz CT molecular complexity index is 138. The predicted molar refractivity (Wildman–Crippen MR) is 57.7 cm³/mol. The van der Waals surface area contributed by atoms with E-state index in [0.717, 1.165) is 25.5 Å². The topological polar surface area (TPSA) is 17.1 Å². The maximum atomic E-state index is 10.1. The van der Waals surface area contributed by atoms with Crippen LogP contribution in [0.15, 0.2) is 12.2 Å². The number of carbonyl (C=O) groups is 1. The Balaban J connectivity index is 3.20. The standard InChI is InChI=1S/C12H22O/c1-3-4-5-6-7-9-12(2)10-8-11-13/h4-5,11-12H,3,6-10H2,1-2H3/b5-4+. The lowest BCUT2D eigenvalue weighted by Gasteiger charge is -2.07. The van der Waals surface area contributed by atoms with Crippen LogP contribution in [0.25, 0.3) is 0 Å². The Morgan fingerprint density at radius 3 is 2.54 bits per heavy atom. The van der Waals surface area contributed by atoms with E-state index in [-0.39, 0.29) is 0 Å². The molecule has 0 aromatic rings. The molecule has 0 fully saturated rings. The minimum Gasteiger partial charge on any atom is -0.303 e. The van der Waals surface area contributed by atoms with Crippen LogP contribution < -0.4 is 0 Å². The van der Waals surface area contributed by atoms with Crippen LogP contribution in [0.1, 0.15) is 52.4 Å². The van der Waals surface area contributed by atoms with E-state index in [9.17, 15) is 4.79 Å². The van der Waals surface area contributed by atoms with Crippen molar-refractivity contribution in [2.45, 2.75) is 52.4 Å². The third-order valence-electron chi connectivity index (χ3n) is 2.25. The number of rotatable bonds is 8. The zero-order valence-corrected chi connectivity index (χ0v) is 8.96. The summed E-state index contributed by atoms with van der Waals surface area (Å²) in [5.74, 6) is 0.709. The molecule has 1 heteroatoms. The SMILES string of the molecule is CC/C=C/CCCC(C)CCC=O. The molecule has 76 valence electrons. The molecule has 0 bridgehead atoms. The van der Waals surface area contributed by atoms with E-state index in [1.807, 2.05) is 0 Å². The molecule has 1 atom stereocenters. The second-order valence-corrected chi connectivity index (χ2v) is 3.66. The second kappa shape index (κ2) is 9.50. The largest absolute Gasteiger partial charge is 0.303 e. The molecule has 0 amide bonds. The molecule has 0 heterocycles. The van der Waals surface area contributed by atoms with Crippen molar-refractivity contribution in [1.29, 1.82) is 0 Å². The van der Waals surface area contributed by atoms with Crippen LogP contribution in [-0.4, -0.2) is 6.29 Å². The van der Waals surface area contributed by atoms with Crippen LogP contribution in [-0.2, 0) is 4.79 Å². The molecule has 0 saturated heterocycles. The summed E-state index contributed by atoms with van der Waals surface area (Å²) in [6.45, 7) is 4.39. The number of hydrogen-bond donors (Lipinski definition) is 0. The molecule has 0 aliphatic carbocycles. The molecule has 1 unspecified atom stereocenters. The van der Waals surface area contributed by atoms with Crippen molar-refractivity contribution in [3.05, 3.63) is 12.2 Å². The van der Waals surface area contributed by atoms with Gasteiger partial charge in [-0.1, -0.05) is 32.4 Å². The van der Waals surface area contributed by atoms with Crippen molar-refractivity contribution in [2.75, 3.05) is 0 Å². The van der Waals surface area contributed by atoms with Gasteiger partial charge in [-0.25, -0.2) is 0 Å². The van der Waals surface area contributed by atoms with Gasteiger partial charge in [0.15, 0.2) is 0 Å². The first-order valence-corrected chi connectivity index (χ1v) is 5.39. The molecule has 0 aliphatic rings. The van der Waals surface area contributed by atoms with Crippen molar-refractivity contribution in [3.8, 4) is 0 Å². The summed E-state index contributed by atoms with van der Waals surface area (Å²) in [4.78, 5) is 10.1. The fourth-order valence-corrected chi connectivity index (χ4v) is 1.37. The van der Waals surface area contributed by atoms with E-state index >= 15 is 0 Å². The summed E-state index contributed by atoms with van der Waals surface area (Å²) in [5, 5.41) is 0. The van der Waals surface area contributed by atoms with E-state index in [2.05, 4.69) is 26.0 Å². The monoisotopic (exact) mass is 182 g/mol. The maximum Gasteiger partial charge on any atom is 0.120 e. The minimum atomic E-state index is 0.709. The molecule has 0 spiro atoms. The average molecular weight is 182 g/mol. The predicted octanol–water partition coefficient (Wildman–Crippen LogP) is 3.74. The average Bonchev–Trinajstić information content (AvgIpc) is 2.14. The highest BCUT2D eigenvalue weighted by atomic mass is 16.1. The molecule has 0 aliphatic heterocycles. The molecule has 0 aromatic carbocycles. The fraction of sp³-hybridized carbons (Fsp3) is 0.750. The zero-order valence-electron chi connectivity index (χ0n) is 8.96. The van der Waals surface area contributed by atoms with E-state index in [1.165, 1.54) is 19.3 Å². The lowest BCUT2D eigenvalue weighted by molar-refractivity contribution is -0.108. The minimum absolute atomic E-state index is 0.709. The molecule has 0 rings (SSSR count). The number of aldehydes is 1. The Labute approximate surface area is 82.2 Å². The van der Waals surface area contributed by atoms with Gasteiger partial charge in [-0.2, -0.15) is 0 Å². The second-order valence-electron chi connectivity index (χ2n) is 3.66. The van der Waals surface area contributed by atoms with Gasteiger partial charge in [0.1, 0.15) is 6.29 Å². The Kier molecular flexibility index (Phi) is 9.07. The third-order valence-corrected chi connectivity index (χ3v) is 2.25. The van der Waals surface area contributed by atoms with Gasteiger partial charge in [0.2, 0.25) is 0 Å². The van der Waals surface area contributed by atoms with Gasteiger partial charge >= 0.3 is 0 Å². The fourth-order valence-electron chi connectivity index (χ4n) is 1.37. The molecule has 0 saturated carbocycles. The summed E-state index contributed by atoms with van der Waals surface area (Å²) < 4.78 is 0. The maximum absolute atomic E-state index is 10.1. The van der Waals surface area contributed by atoms with Crippen LogP contribution >= 0.6 is 0 Å². The number of carbonyl (C=O) groups excluding carboxylic acids is 1. The lowest BCUT2D eigenvalue weighted by atomic mass is 9.99. The number of hydrogen-bond acceptors (Lipinski definition) is 1. The highest BCUT2D eigenvalue weighted by Crippen LogP contribution is 2.13. The number of unbranched alkanes of at least 4 members (excludes halogenated alkanes) is 1. The summed E-state index contributed by atoms with van der Waals surface area (Å²) >= 11 is 0.